The third kappa shape index (κ3) is 5.38. The van der Waals surface area contributed by atoms with Gasteiger partial charge in [0.05, 0.1) is 23.2 Å². The van der Waals surface area contributed by atoms with Crippen LogP contribution in [-0.2, 0) is 4.79 Å². The lowest BCUT2D eigenvalue weighted by Gasteiger charge is -2.06. The topological polar surface area (TPSA) is 166 Å². The Kier molecular flexibility index (Phi) is 6.63. The van der Waals surface area contributed by atoms with Gasteiger partial charge in [-0.15, -0.1) is 0 Å². The molecule has 0 spiro atoms. The second-order valence-corrected chi connectivity index (χ2v) is 5.66. The first-order chi connectivity index (χ1) is 13.7. The predicted molar refractivity (Wildman–Crippen MR) is 100 cm³/mol. The summed E-state index contributed by atoms with van der Waals surface area (Å²) < 4.78 is 10.0. The molecular formula is C17H16N4O8. The van der Waals surface area contributed by atoms with E-state index >= 15 is 0 Å². The van der Waals surface area contributed by atoms with Crippen molar-refractivity contribution in [2.45, 2.75) is 6.92 Å². The first kappa shape index (κ1) is 21.1. The number of methoxy groups -OCH3 is 1. The molecule has 0 unspecified atom stereocenters. The van der Waals surface area contributed by atoms with Gasteiger partial charge in [0.1, 0.15) is 0 Å². The van der Waals surface area contributed by atoms with Crippen LogP contribution in [0, 0.1) is 27.2 Å². The van der Waals surface area contributed by atoms with E-state index in [1.165, 1.54) is 25.3 Å². The molecule has 0 aliphatic rings. The Balaban J connectivity index is 2.03. The fraction of sp³-hybridized carbons (Fsp3) is 0.176. The van der Waals surface area contributed by atoms with E-state index in [0.29, 0.717) is 5.56 Å². The van der Waals surface area contributed by atoms with E-state index in [4.69, 9.17) is 9.47 Å². The summed E-state index contributed by atoms with van der Waals surface area (Å²) in [7, 11) is 1.23. The highest BCUT2D eigenvalue weighted by molar-refractivity contribution is 5.85. The van der Waals surface area contributed by atoms with Gasteiger partial charge in [-0.3, -0.25) is 25.0 Å². The van der Waals surface area contributed by atoms with E-state index in [1.807, 2.05) is 0 Å². The zero-order valence-electron chi connectivity index (χ0n) is 15.3. The Labute approximate surface area is 163 Å². The normalized spacial score (nSPS) is 10.6. The molecule has 0 fully saturated rings. The van der Waals surface area contributed by atoms with Crippen LogP contribution in [0.4, 0.5) is 11.4 Å². The van der Waals surface area contributed by atoms with E-state index in [0.717, 1.165) is 12.3 Å². The number of aryl methyl sites for hydroxylation is 1. The number of rotatable bonds is 8. The second-order valence-electron chi connectivity index (χ2n) is 5.66. The number of carbonyl (C=O) groups is 1. The SMILES string of the molecule is COc1cc(/C=N/NC(=O)COc2ccc(C)cc2[N+](=O)[O-])cc([N+](=O)[O-])c1O. The van der Waals surface area contributed by atoms with E-state index in [2.05, 4.69) is 10.5 Å². The molecular weight excluding hydrogens is 388 g/mol. The Morgan fingerprint density at radius 2 is 1.86 bits per heavy atom. The summed E-state index contributed by atoms with van der Waals surface area (Å²) in [6, 6.07) is 6.62. The number of ether oxygens (including phenoxy) is 2. The lowest BCUT2D eigenvalue weighted by Crippen LogP contribution is -2.24. The molecule has 2 aromatic carbocycles. The smallest absolute Gasteiger partial charge is 0.315 e. The first-order valence-corrected chi connectivity index (χ1v) is 7.98. The largest absolute Gasteiger partial charge is 0.500 e. The lowest BCUT2D eigenvalue weighted by atomic mass is 10.2. The molecule has 0 saturated carbocycles. The molecule has 2 N–H and O–H groups in total. The van der Waals surface area contributed by atoms with Gasteiger partial charge >= 0.3 is 11.4 Å². The fourth-order valence-electron chi connectivity index (χ4n) is 2.23. The van der Waals surface area contributed by atoms with Gasteiger partial charge in [0.2, 0.25) is 5.75 Å². The number of phenolic OH excluding ortho intramolecular Hbond substituents is 1. The third-order valence-electron chi connectivity index (χ3n) is 3.57. The second kappa shape index (κ2) is 9.12. The van der Waals surface area contributed by atoms with Crippen LogP contribution in [0.2, 0.25) is 0 Å². The van der Waals surface area contributed by atoms with Crippen molar-refractivity contribution >= 4 is 23.5 Å². The molecule has 152 valence electrons. The van der Waals surface area contributed by atoms with Crippen molar-refractivity contribution in [3.8, 4) is 17.2 Å². The summed E-state index contributed by atoms with van der Waals surface area (Å²) in [5.41, 5.74) is 2.11. The summed E-state index contributed by atoms with van der Waals surface area (Å²) in [5.74, 6) is -1.55. The maximum atomic E-state index is 11.8. The van der Waals surface area contributed by atoms with Gasteiger partial charge in [-0.05, 0) is 24.6 Å². The monoisotopic (exact) mass is 404 g/mol. The number of phenols is 1. The summed E-state index contributed by atoms with van der Waals surface area (Å²) in [6.07, 6.45) is 1.10. The lowest BCUT2D eigenvalue weighted by molar-refractivity contribution is -0.386. The zero-order valence-corrected chi connectivity index (χ0v) is 15.3. The van der Waals surface area contributed by atoms with Gasteiger partial charge in [-0.2, -0.15) is 5.10 Å². The minimum Gasteiger partial charge on any atom is -0.500 e. The number of nitrogens with zero attached hydrogens (tertiary/aromatic N) is 3. The first-order valence-electron chi connectivity index (χ1n) is 7.98. The summed E-state index contributed by atoms with van der Waals surface area (Å²) in [5, 5.41) is 35.3. The molecule has 0 atom stereocenters. The van der Waals surface area contributed by atoms with Gasteiger partial charge in [0.15, 0.2) is 18.1 Å². The van der Waals surface area contributed by atoms with Crippen molar-refractivity contribution in [2.24, 2.45) is 5.10 Å². The van der Waals surface area contributed by atoms with Crippen LogP contribution in [-0.4, -0.2) is 40.8 Å². The van der Waals surface area contributed by atoms with Gasteiger partial charge in [0.25, 0.3) is 5.91 Å². The Morgan fingerprint density at radius 3 is 2.48 bits per heavy atom. The highest BCUT2D eigenvalue weighted by atomic mass is 16.6. The van der Waals surface area contributed by atoms with Crippen molar-refractivity contribution in [1.82, 2.24) is 5.43 Å². The molecule has 0 heterocycles. The number of hydrazone groups is 1. The predicted octanol–water partition coefficient (Wildman–Crippen LogP) is 2.05. The van der Waals surface area contributed by atoms with Crippen LogP contribution in [0.3, 0.4) is 0 Å². The van der Waals surface area contributed by atoms with E-state index < -0.39 is 33.8 Å². The summed E-state index contributed by atoms with van der Waals surface area (Å²) in [6.45, 7) is 1.14. The zero-order chi connectivity index (χ0) is 21.6. The number of nitro benzene ring substituents is 2. The summed E-state index contributed by atoms with van der Waals surface area (Å²) >= 11 is 0. The highest BCUT2D eigenvalue weighted by Crippen LogP contribution is 2.36. The molecule has 0 aliphatic heterocycles. The Hall–Kier alpha value is -4.22. The van der Waals surface area contributed by atoms with Crippen LogP contribution in [0.25, 0.3) is 0 Å². The van der Waals surface area contributed by atoms with Crippen LogP contribution in [0.15, 0.2) is 35.4 Å². The molecule has 0 bridgehead atoms. The minimum absolute atomic E-state index is 0.0707. The van der Waals surface area contributed by atoms with Gasteiger partial charge in [-0.25, -0.2) is 5.43 Å². The van der Waals surface area contributed by atoms with E-state index in [1.54, 1.807) is 13.0 Å². The van der Waals surface area contributed by atoms with Crippen LogP contribution in [0.5, 0.6) is 17.2 Å². The van der Waals surface area contributed by atoms with Crippen molar-refractivity contribution < 1.29 is 29.2 Å². The Morgan fingerprint density at radius 1 is 1.17 bits per heavy atom. The van der Waals surface area contributed by atoms with Crippen molar-refractivity contribution in [3.63, 3.8) is 0 Å². The number of hydrogen-bond acceptors (Lipinski definition) is 9. The van der Waals surface area contributed by atoms with Gasteiger partial charge in [0, 0.05) is 17.7 Å². The van der Waals surface area contributed by atoms with E-state index in [9.17, 15) is 30.1 Å². The van der Waals surface area contributed by atoms with Crippen LogP contribution >= 0.6 is 0 Å². The molecule has 0 aromatic heterocycles. The quantitative estimate of drug-likeness (QED) is 0.383. The average Bonchev–Trinajstić information content (AvgIpc) is 2.67. The molecule has 12 heteroatoms. The van der Waals surface area contributed by atoms with Crippen molar-refractivity contribution in [2.75, 3.05) is 13.7 Å². The van der Waals surface area contributed by atoms with Gasteiger partial charge in [-0.1, -0.05) is 6.07 Å². The van der Waals surface area contributed by atoms with Gasteiger partial charge < -0.3 is 14.6 Å². The number of amides is 1. The Bertz CT molecular complexity index is 990. The molecule has 12 nitrogen and oxygen atoms in total. The third-order valence-corrected chi connectivity index (χ3v) is 3.57. The average molecular weight is 404 g/mol. The number of nitrogens with one attached hydrogen (secondary N) is 1. The number of hydrogen-bond donors (Lipinski definition) is 2. The number of benzene rings is 2. The number of nitro groups is 2. The highest BCUT2D eigenvalue weighted by Gasteiger charge is 2.19. The molecule has 0 saturated heterocycles. The fourth-order valence-corrected chi connectivity index (χ4v) is 2.23. The standard InChI is InChI=1S/C17H16N4O8/c1-10-3-4-14(12(5-10)20(24)25)29-9-16(22)19-18-8-11-6-13(21(26)27)17(23)15(7-11)28-2/h3-8,23H,9H2,1-2H3,(H,19,22)/b18-8+. The van der Waals surface area contributed by atoms with E-state index in [-0.39, 0.29) is 22.7 Å². The maximum Gasteiger partial charge on any atom is 0.315 e. The molecule has 2 aromatic rings. The maximum absolute atomic E-state index is 11.8. The molecule has 0 radical (unpaired) electrons. The minimum atomic E-state index is -0.796. The molecule has 29 heavy (non-hydrogen) atoms. The van der Waals surface area contributed by atoms with Crippen LogP contribution < -0.4 is 14.9 Å². The molecule has 1 amide bonds. The van der Waals surface area contributed by atoms with Crippen molar-refractivity contribution in [1.29, 1.82) is 0 Å². The summed E-state index contributed by atoms with van der Waals surface area (Å²) in [4.78, 5) is 32.4. The molecule has 2 rings (SSSR count). The number of carbonyl (C=O) groups excluding carboxylic acids is 1. The number of aromatic hydroxyl groups is 1. The van der Waals surface area contributed by atoms with Crippen molar-refractivity contribution in [3.05, 3.63) is 61.7 Å². The molecule has 0 aliphatic carbocycles. The van der Waals surface area contributed by atoms with Crippen LogP contribution in [0.1, 0.15) is 11.1 Å².